The van der Waals surface area contributed by atoms with Crippen LogP contribution in [0, 0.1) is 6.92 Å². The van der Waals surface area contributed by atoms with E-state index in [2.05, 4.69) is 18.3 Å². The summed E-state index contributed by atoms with van der Waals surface area (Å²) in [7, 11) is 0. The van der Waals surface area contributed by atoms with Crippen molar-refractivity contribution in [1.82, 2.24) is 9.88 Å². The number of hydrogen-bond donors (Lipinski definition) is 1. The molecule has 2 heterocycles. The average Bonchev–Trinajstić information content (AvgIpc) is 2.17. The normalized spacial score (nSPS) is 20.0. The minimum Gasteiger partial charge on any atom is -0.309 e. The van der Waals surface area contributed by atoms with Gasteiger partial charge >= 0.3 is 0 Å². The molecule has 1 unspecified atom stereocenters. The van der Waals surface area contributed by atoms with Gasteiger partial charge in [-0.3, -0.25) is 4.79 Å². The molecule has 15 heavy (non-hydrogen) atoms. The highest BCUT2D eigenvalue weighted by Gasteiger charge is 2.19. The molecule has 2 rings (SSSR count). The number of hydrogen-bond acceptors (Lipinski definition) is 2. The van der Waals surface area contributed by atoms with E-state index in [1.807, 2.05) is 11.5 Å². The lowest BCUT2D eigenvalue weighted by Gasteiger charge is -2.28. The maximum Gasteiger partial charge on any atom is 0.251 e. The van der Waals surface area contributed by atoms with Crippen LogP contribution in [0.5, 0.6) is 0 Å². The Morgan fingerprint density at radius 3 is 3.07 bits per heavy atom. The largest absolute Gasteiger partial charge is 0.309 e. The number of nitrogens with one attached hydrogen (secondary N) is 1. The highest BCUT2D eigenvalue weighted by Crippen LogP contribution is 2.18. The Hall–Kier alpha value is -1.09. The first-order chi connectivity index (χ1) is 7.22. The van der Waals surface area contributed by atoms with Gasteiger partial charge in [0, 0.05) is 30.9 Å². The Bertz CT molecular complexity index is 409. The van der Waals surface area contributed by atoms with Crippen molar-refractivity contribution in [1.29, 1.82) is 0 Å². The van der Waals surface area contributed by atoms with E-state index in [-0.39, 0.29) is 5.56 Å². The van der Waals surface area contributed by atoms with Crippen LogP contribution in [0.15, 0.2) is 16.9 Å². The van der Waals surface area contributed by atoms with Crippen LogP contribution in [0.3, 0.4) is 0 Å². The lowest BCUT2D eigenvalue weighted by molar-refractivity contribution is 0.365. The van der Waals surface area contributed by atoms with Crippen molar-refractivity contribution in [3.63, 3.8) is 0 Å². The molecule has 1 N–H and O–H groups in total. The van der Waals surface area contributed by atoms with Gasteiger partial charge in [-0.25, -0.2) is 0 Å². The first-order valence-corrected chi connectivity index (χ1v) is 5.65. The lowest BCUT2D eigenvalue weighted by Crippen LogP contribution is -2.39. The molecule has 3 nitrogen and oxygen atoms in total. The number of rotatable bonds is 2. The molecule has 1 atom stereocenters. The molecule has 0 spiro atoms. The summed E-state index contributed by atoms with van der Waals surface area (Å²) in [6.07, 6.45) is 2.19. The summed E-state index contributed by atoms with van der Waals surface area (Å²) in [6, 6.07) is 4.18. The third-order valence-corrected chi connectivity index (χ3v) is 2.97. The molecule has 82 valence electrons. The second-order valence-corrected chi connectivity index (χ2v) is 4.31. The Kier molecular flexibility index (Phi) is 2.91. The van der Waals surface area contributed by atoms with E-state index >= 15 is 0 Å². The minimum atomic E-state index is 0.157. The summed E-state index contributed by atoms with van der Waals surface area (Å²) >= 11 is 0. The highest BCUT2D eigenvalue weighted by molar-refractivity contribution is 5.18. The second kappa shape index (κ2) is 4.19. The second-order valence-electron chi connectivity index (χ2n) is 4.31. The molecule has 0 aliphatic carbocycles. The highest BCUT2D eigenvalue weighted by atomic mass is 16.1. The predicted molar refractivity (Wildman–Crippen MR) is 61.1 cm³/mol. The van der Waals surface area contributed by atoms with E-state index in [1.54, 1.807) is 6.07 Å². The zero-order valence-electron chi connectivity index (χ0n) is 9.42. The molecule has 1 aliphatic heterocycles. The maximum absolute atomic E-state index is 11.9. The molecule has 3 heteroatoms. The molecule has 0 radical (unpaired) electrons. The minimum absolute atomic E-state index is 0.157. The maximum atomic E-state index is 11.9. The topological polar surface area (TPSA) is 34.0 Å². The van der Waals surface area contributed by atoms with Gasteiger partial charge in [-0.05, 0) is 25.0 Å². The van der Waals surface area contributed by atoms with E-state index < -0.39 is 0 Å². The van der Waals surface area contributed by atoms with Crippen LogP contribution in [0.1, 0.15) is 37.1 Å². The van der Waals surface area contributed by atoms with Crippen molar-refractivity contribution < 1.29 is 0 Å². The van der Waals surface area contributed by atoms with Crippen LogP contribution in [-0.2, 0) is 6.54 Å². The molecule has 0 fully saturated rings. The van der Waals surface area contributed by atoms with Crippen LogP contribution < -0.4 is 10.9 Å². The number of aryl methyl sites for hydroxylation is 1. The molecule has 1 aliphatic rings. The van der Waals surface area contributed by atoms with Crippen molar-refractivity contribution in [2.45, 2.75) is 39.3 Å². The number of aromatic nitrogens is 1. The van der Waals surface area contributed by atoms with Crippen LogP contribution in [0.25, 0.3) is 0 Å². The average molecular weight is 206 g/mol. The predicted octanol–water partition coefficient (Wildman–Crippen LogP) is 1.60. The third-order valence-electron chi connectivity index (χ3n) is 2.97. The first kappa shape index (κ1) is 10.4. The molecule has 0 aromatic carbocycles. The van der Waals surface area contributed by atoms with Gasteiger partial charge in [0.05, 0.1) is 0 Å². The summed E-state index contributed by atoms with van der Waals surface area (Å²) in [5.41, 5.74) is 2.35. The van der Waals surface area contributed by atoms with Gasteiger partial charge in [0.2, 0.25) is 0 Å². The summed E-state index contributed by atoms with van der Waals surface area (Å²) < 4.78 is 1.97. The van der Waals surface area contributed by atoms with Crippen molar-refractivity contribution in [2.24, 2.45) is 0 Å². The summed E-state index contributed by atoms with van der Waals surface area (Å²) in [4.78, 5) is 11.9. The van der Waals surface area contributed by atoms with Crippen LogP contribution in [0.2, 0.25) is 0 Å². The molecular formula is C12H18N2O. The number of nitrogens with zero attached hydrogens (tertiary/aromatic N) is 1. The van der Waals surface area contributed by atoms with Crippen molar-refractivity contribution in [2.75, 3.05) is 6.54 Å². The summed E-state index contributed by atoms with van der Waals surface area (Å²) in [6.45, 7) is 5.88. The standard InChI is InChI=1S/C12H18N2O/c1-3-4-10-7-13-8-11-5-9(2)6-12(15)14(10)11/h5-6,10,13H,3-4,7-8H2,1-2H3. The lowest BCUT2D eigenvalue weighted by atomic mass is 10.1. The van der Waals surface area contributed by atoms with Crippen LogP contribution in [0.4, 0.5) is 0 Å². The molecule has 0 saturated heterocycles. The van der Waals surface area contributed by atoms with E-state index in [9.17, 15) is 4.79 Å². The fraction of sp³-hybridized carbons (Fsp3) is 0.583. The molecule has 0 bridgehead atoms. The zero-order chi connectivity index (χ0) is 10.8. The van der Waals surface area contributed by atoms with E-state index in [0.717, 1.165) is 37.2 Å². The molecule has 1 aromatic rings. The van der Waals surface area contributed by atoms with Gasteiger partial charge in [0.25, 0.3) is 5.56 Å². The quantitative estimate of drug-likeness (QED) is 0.797. The molecular weight excluding hydrogens is 188 g/mol. The molecule has 0 amide bonds. The fourth-order valence-corrected chi connectivity index (χ4v) is 2.35. The van der Waals surface area contributed by atoms with Gasteiger partial charge in [0.1, 0.15) is 0 Å². The van der Waals surface area contributed by atoms with Gasteiger partial charge < -0.3 is 9.88 Å². The van der Waals surface area contributed by atoms with Crippen LogP contribution in [-0.4, -0.2) is 11.1 Å². The van der Waals surface area contributed by atoms with E-state index in [1.165, 1.54) is 0 Å². The molecule has 0 saturated carbocycles. The Labute approximate surface area is 90.1 Å². The van der Waals surface area contributed by atoms with Gasteiger partial charge in [-0.2, -0.15) is 0 Å². The monoisotopic (exact) mass is 206 g/mol. The summed E-state index contributed by atoms with van der Waals surface area (Å²) in [5, 5.41) is 3.37. The van der Waals surface area contributed by atoms with Crippen LogP contribution >= 0.6 is 0 Å². The summed E-state index contributed by atoms with van der Waals surface area (Å²) in [5.74, 6) is 0. The van der Waals surface area contributed by atoms with E-state index in [4.69, 9.17) is 0 Å². The SMILES string of the molecule is CCCC1CNCc2cc(C)cc(=O)n21. The van der Waals surface area contributed by atoms with Crippen molar-refractivity contribution in [3.05, 3.63) is 33.7 Å². The van der Waals surface area contributed by atoms with Gasteiger partial charge in [0.15, 0.2) is 0 Å². The zero-order valence-corrected chi connectivity index (χ0v) is 9.42. The number of fused-ring (bicyclic) bond motifs is 1. The van der Waals surface area contributed by atoms with E-state index in [0.29, 0.717) is 6.04 Å². The molecule has 1 aromatic heterocycles. The fourth-order valence-electron chi connectivity index (χ4n) is 2.35. The Morgan fingerprint density at radius 1 is 1.53 bits per heavy atom. The number of pyridine rings is 1. The smallest absolute Gasteiger partial charge is 0.251 e. The van der Waals surface area contributed by atoms with Gasteiger partial charge in [-0.15, -0.1) is 0 Å². The Balaban J connectivity index is 2.46. The third kappa shape index (κ3) is 1.97. The first-order valence-electron chi connectivity index (χ1n) is 5.65. The van der Waals surface area contributed by atoms with Crippen molar-refractivity contribution >= 4 is 0 Å². The Morgan fingerprint density at radius 2 is 2.33 bits per heavy atom. The van der Waals surface area contributed by atoms with Gasteiger partial charge in [-0.1, -0.05) is 13.3 Å². The van der Waals surface area contributed by atoms with Crippen molar-refractivity contribution in [3.8, 4) is 0 Å².